The van der Waals surface area contributed by atoms with Gasteiger partial charge in [-0.1, -0.05) is 6.08 Å². The van der Waals surface area contributed by atoms with E-state index in [0.717, 1.165) is 24.8 Å². The molecule has 1 aliphatic carbocycles. The van der Waals surface area contributed by atoms with Gasteiger partial charge in [0.05, 0.1) is 6.07 Å². The van der Waals surface area contributed by atoms with E-state index in [0.29, 0.717) is 12.3 Å². The van der Waals surface area contributed by atoms with Gasteiger partial charge in [-0.05, 0) is 46.0 Å². The Labute approximate surface area is 97.1 Å². The molecule has 0 amide bonds. The minimum Gasteiger partial charge on any atom is -0.460 e. The van der Waals surface area contributed by atoms with Crippen LogP contribution in [-0.2, 0) is 9.53 Å². The number of rotatable bonds is 2. The van der Waals surface area contributed by atoms with Gasteiger partial charge in [-0.3, -0.25) is 4.79 Å². The molecule has 0 heterocycles. The van der Waals surface area contributed by atoms with Crippen molar-refractivity contribution >= 4 is 5.97 Å². The number of esters is 1. The Morgan fingerprint density at radius 2 is 2.31 bits per heavy atom. The lowest BCUT2D eigenvalue weighted by atomic mass is 9.88. The average Bonchev–Trinajstić information content (AvgIpc) is 2.16. The highest BCUT2D eigenvalue weighted by Gasteiger charge is 2.21. The predicted octanol–water partition coefficient (Wildman–Crippen LogP) is 2.97. The zero-order chi connectivity index (χ0) is 12.2. The maximum atomic E-state index is 11.6. The predicted molar refractivity (Wildman–Crippen MR) is 61.5 cm³/mol. The molecule has 1 atom stereocenters. The number of hydrogen-bond donors (Lipinski definition) is 0. The number of nitriles is 1. The van der Waals surface area contributed by atoms with E-state index < -0.39 is 5.60 Å². The molecule has 0 saturated heterocycles. The van der Waals surface area contributed by atoms with Crippen LogP contribution < -0.4 is 0 Å². The summed E-state index contributed by atoms with van der Waals surface area (Å²) >= 11 is 0. The fraction of sp³-hybridized carbons (Fsp3) is 0.692. The third-order valence-corrected chi connectivity index (χ3v) is 2.54. The molecule has 0 spiro atoms. The Morgan fingerprint density at radius 1 is 1.62 bits per heavy atom. The first-order valence-corrected chi connectivity index (χ1v) is 5.71. The molecule has 0 radical (unpaired) electrons. The van der Waals surface area contributed by atoms with Gasteiger partial charge in [0.2, 0.25) is 0 Å². The van der Waals surface area contributed by atoms with Crippen LogP contribution in [0, 0.1) is 17.2 Å². The van der Waals surface area contributed by atoms with Crippen molar-refractivity contribution in [2.24, 2.45) is 5.92 Å². The molecular formula is C13H19NO2. The monoisotopic (exact) mass is 221 g/mol. The quantitative estimate of drug-likeness (QED) is 0.673. The second-order valence-corrected chi connectivity index (χ2v) is 5.27. The summed E-state index contributed by atoms with van der Waals surface area (Å²) in [6.45, 7) is 5.62. The molecule has 0 bridgehead atoms. The topological polar surface area (TPSA) is 50.1 Å². The van der Waals surface area contributed by atoms with Gasteiger partial charge in [0, 0.05) is 12.0 Å². The lowest BCUT2D eigenvalue weighted by Gasteiger charge is -2.23. The summed E-state index contributed by atoms with van der Waals surface area (Å²) in [5.74, 6) is 0.207. The van der Waals surface area contributed by atoms with Crippen molar-refractivity contribution in [3.8, 4) is 6.07 Å². The van der Waals surface area contributed by atoms with Gasteiger partial charge in [0.25, 0.3) is 0 Å². The number of nitrogens with zero attached hydrogens (tertiary/aromatic N) is 1. The van der Waals surface area contributed by atoms with Crippen LogP contribution in [0.25, 0.3) is 0 Å². The van der Waals surface area contributed by atoms with Crippen LogP contribution in [0.2, 0.25) is 0 Å². The SMILES string of the molecule is CC(C)(C)OC(=O)CC1CC=C(C#N)CC1. The zero-order valence-electron chi connectivity index (χ0n) is 10.2. The summed E-state index contributed by atoms with van der Waals surface area (Å²) in [7, 11) is 0. The molecule has 0 aliphatic heterocycles. The summed E-state index contributed by atoms with van der Waals surface area (Å²) in [5, 5.41) is 8.70. The number of carbonyl (C=O) groups excluding carboxylic acids is 1. The van der Waals surface area contributed by atoms with Gasteiger partial charge in [0.15, 0.2) is 0 Å². The molecule has 0 saturated carbocycles. The summed E-state index contributed by atoms with van der Waals surface area (Å²) in [6, 6.07) is 2.16. The first-order valence-electron chi connectivity index (χ1n) is 5.71. The van der Waals surface area contributed by atoms with Crippen molar-refractivity contribution in [1.29, 1.82) is 5.26 Å². The normalized spacial score (nSPS) is 20.9. The molecule has 88 valence electrons. The van der Waals surface area contributed by atoms with Gasteiger partial charge in [0.1, 0.15) is 5.60 Å². The van der Waals surface area contributed by atoms with Crippen LogP contribution in [-0.4, -0.2) is 11.6 Å². The van der Waals surface area contributed by atoms with E-state index in [4.69, 9.17) is 10.00 Å². The number of ether oxygens (including phenoxy) is 1. The lowest BCUT2D eigenvalue weighted by molar-refractivity contribution is -0.156. The Hall–Kier alpha value is -1.30. The standard InChI is InChI=1S/C13H19NO2/c1-13(2,3)16-12(15)8-10-4-6-11(9-14)7-5-10/h6,10H,4-5,7-8H2,1-3H3. The maximum absolute atomic E-state index is 11.6. The van der Waals surface area contributed by atoms with E-state index in [-0.39, 0.29) is 5.97 Å². The van der Waals surface area contributed by atoms with Crippen molar-refractivity contribution in [3.05, 3.63) is 11.6 Å². The Morgan fingerprint density at radius 3 is 2.75 bits per heavy atom. The molecule has 0 N–H and O–H groups in total. The first-order chi connectivity index (χ1) is 7.40. The minimum atomic E-state index is -0.403. The van der Waals surface area contributed by atoms with E-state index in [9.17, 15) is 4.79 Å². The second-order valence-electron chi connectivity index (χ2n) is 5.27. The summed E-state index contributed by atoms with van der Waals surface area (Å²) in [5.41, 5.74) is 0.444. The number of carbonyl (C=O) groups is 1. The minimum absolute atomic E-state index is 0.133. The van der Waals surface area contributed by atoms with Crippen LogP contribution in [0.4, 0.5) is 0 Å². The molecule has 1 unspecified atom stereocenters. The van der Waals surface area contributed by atoms with Crippen molar-refractivity contribution in [3.63, 3.8) is 0 Å². The van der Waals surface area contributed by atoms with Crippen LogP contribution in [0.15, 0.2) is 11.6 Å². The van der Waals surface area contributed by atoms with Crippen molar-refractivity contribution in [2.75, 3.05) is 0 Å². The Kier molecular flexibility index (Phi) is 4.12. The van der Waals surface area contributed by atoms with Crippen LogP contribution in [0.1, 0.15) is 46.5 Å². The maximum Gasteiger partial charge on any atom is 0.306 e. The summed E-state index contributed by atoms with van der Waals surface area (Å²) < 4.78 is 5.27. The van der Waals surface area contributed by atoms with E-state index in [1.807, 2.05) is 26.8 Å². The molecule has 0 fully saturated rings. The molecule has 1 rings (SSSR count). The Bertz CT molecular complexity index is 331. The highest BCUT2D eigenvalue weighted by atomic mass is 16.6. The van der Waals surface area contributed by atoms with E-state index >= 15 is 0 Å². The molecule has 3 heteroatoms. The molecule has 3 nitrogen and oxygen atoms in total. The third kappa shape index (κ3) is 4.48. The molecule has 0 aromatic rings. The van der Waals surface area contributed by atoms with Crippen LogP contribution in [0.5, 0.6) is 0 Å². The largest absolute Gasteiger partial charge is 0.460 e. The van der Waals surface area contributed by atoms with Crippen LogP contribution >= 0.6 is 0 Å². The number of allylic oxidation sites excluding steroid dienone is 2. The van der Waals surface area contributed by atoms with Crippen molar-refractivity contribution in [2.45, 2.75) is 52.1 Å². The average molecular weight is 221 g/mol. The summed E-state index contributed by atoms with van der Waals surface area (Å²) in [4.78, 5) is 11.6. The molecule has 1 aliphatic rings. The number of hydrogen-bond acceptors (Lipinski definition) is 3. The second kappa shape index (κ2) is 5.16. The third-order valence-electron chi connectivity index (χ3n) is 2.54. The van der Waals surface area contributed by atoms with Gasteiger partial charge < -0.3 is 4.74 Å². The molecular weight excluding hydrogens is 202 g/mol. The van der Waals surface area contributed by atoms with Gasteiger partial charge in [-0.25, -0.2) is 0 Å². The summed E-state index contributed by atoms with van der Waals surface area (Å²) in [6.07, 6.45) is 4.94. The van der Waals surface area contributed by atoms with Gasteiger partial charge >= 0.3 is 5.97 Å². The fourth-order valence-corrected chi connectivity index (χ4v) is 1.79. The zero-order valence-corrected chi connectivity index (χ0v) is 10.2. The molecule has 0 aromatic carbocycles. The smallest absolute Gasteiger partial charge is 0.306 e. The van der Waals surface area contributed by atoms with Gasteiger partial charge in [-0.2, -0.15) is 5.26 Å². The highest BCUT2D eigenvalue weighted by Crippen LogP contribution is 2.26. The van der Waals surface area contributed by atoms with E-state index in [1.165, 1.54) is 0 Å². The Balaban J connectivity index is 2.38. The van der Waals surface area contributed by atoms with E-state index in [2.05, 4.69) is 6.07 Å². The van der Waals surface area contributed by atoms with Gasteiger partial charge in [-0.15, -0.1) is 0 Å². The fourth-order valence-electron chi connectivity index (χ4n) is 1.79. The highest BCUT2D eigenvalue weighted by molar-refractivity contribution is 5.70. The van der Waals surface area contributed by atoms with Crippen molar-refractivity contribution in [1.82, 2.24) is 0 Å². The first kappa shape index (κ1) is 12.8. The van der Waals surface area contributed by atoms with E-state index in [1.54, 1.807) is 0 Å². The lowest BCUT2D eigenvalue weighted by Crippen LogP contribution is -2.25. The molecule has 0 aromatic heterocycles. The molecule has 16 heavy (non-hydrogen) atoms. The van der Waals surface area contributed by atoms with Crippen molar-refractivity contribution < 1.29 is 9.53 Å². The van der Waals surface area contributed by atoms with Crippen LogP contribution in [0.3, 0.4) is 0 Å².